The Hall–Kier alpha value is 0.150. The molecule has 1 fully saturated rings. The van der Waals surface area contributed by atoms with Gasteiger partial charge in [-0.25, -0.2) is 0 Å². The third-order valence-corrected chi connectivity index (χ3v) is 5.78. The molecule has 0 radical (unpaired) electrons. The van der Waals surface area contributed by atoms with Gasteiger partial charge in [0.25, 0.3) is 0 Å². The molecular formula is C13H27O3P. The minimum Gasteiger partial charge on any atom is -0.309 e. The number of rotatable bonds is 7. The third kappa shape index (κ3) is 5.11. The van der Waals surface area contributed by atoms with Crippen molar-refractivity contribution in [1.29, 1.82) is 0 Å². The average molecular weight is 262 g/mol. The Balaban J connectivity index is 2.47. The lowest BCUT2D eigenvalue weighted by molar-refractivity contribution is 0.188. The molecule has 1 aliphatic rings. The standard InChI is InChI=1S/C13H27O3P/c1-4-15-17(14,16-5-2)12-11-13(3)9-7-6-8-10-13/h4-12H2,1-3H3. The highest BCUT2D eigenvalue weighted by molar-refractivity contribution is 7.53. The van der Waals surface area contributed by atoms with Gasteiger partial charge >= 0.3 is 7.60 Å². The SMILES string of the molecule is CCOP(=O)(CCC1(C)CCCCC1)OCC. The maximum absolute atomic E-state index is 12.4. The van der Waals surface area contributed by atoms with Gasteiger partial charge in [-0.3, -0.25) is 4.57 Å². The van der Waals surface area contributed by atoms with E-state index in [-0.39, 0.29) is 0 Å². The van der Waals surface area contributed by atoms with Crippen LogP contribution in [0.25, 0.3) is 0 Å². The molecule has 0 N–H and O–H groups in total. The van der Waals surface area contributed by atoms with Gasteiger partial charge < -0.3 is 9.05 Å². The van der Waals surface area contributed by atoms with E-state index in [1.54, 1.807) is 0 Å². The second-order valence-electron chi connectivity index (χ2n) is 5.29. The van der Waals surface area contributed by atoms with Crippen molar-refractivity contribution in [2.75, 3.05) is 19.4 Å². The highest BCUT2D eigenvalue weighted by atomic mass is 31.2. The van der Waals surface area contributed by atoms with E-state index in [9.17, 15) is 4.57 Å². The van der Waals surface area contributed by atoms with Crippen molar-refractivity contribution < 1.29 is 13.6 Å². The zero-order chi connectivity index (χ0) is 12.8. The summed E-state index contributed by atoms with van der Waals surface area (Å²) < 4.78 is 23.0. The molecular weight excluding hydrogens is 235 g/mol. The largest absolute Gasteiger partial charge is 0.330 e. The van der Waals surface area contributed by atoms with Crippen LogP contribution in [-0.4, -0.2) is 19.4 Å². The van der Waals surface area contributed by atoms with Gasteiger partial charge in [-0.1, -0.05) is 26.2 Å². The lowest BCUT2D eigenvalue weighted by Crippen LogP contribution is -2.22. The fraction of sp³-hybridized carbons (Fsp3) is 1.00. The predicted molar refractivity (Wildman–Crippen MR) is 71.5 cm³/mol. The molecule has 0 aromatic heterocycles. The van der Waals surface area contributed by atoms with Gasteiger partial charge in [0.1, 0.15) is 0 Å². The molecule has 4 heteroatoms. The van der Waals surface area contributed by atoms with Crippen LogP contribution in [0.4, 0.5) is 0 Å². The summed E-state index contributed by atoms with van der Waals surface area (Å²) in [7, 11) is -2.83. The summed E-state index contributed by atoms with van der Waals surface area (Å²) in [6, 6.07) is 0. The lowest BCUT2D eigenvalue weighted by Gasteiger charge is -2.34. The quantitative estimate of drug-likeness (QED) is 0.628. The van der Waals surface area contributed by atoms with Gasteiger partial charge in [-0.15, -0.1) is 0 Å². The summed E-state index contributed by atoms with van der Waals surface area (Å²) in [5, 5.41) is 0. The zero-order valence-corrected chi connectivity index (χ0v) is 12.4. The maximum Gasteiger partial charge on any atom is 0.330 e. The molecule has 0 bridgehead atoms. The smallest absolute Gasteiger partial charge is 0.309 e. The van der Waals surface area contributed by atoms with E-state index >= 15 is 0 Å². The van der Waals surface area contributed by atoms with Crippen molar-refractivity contribution in [3.8, 4) is 0 Å². The summed E-state index contributed by atoms with van der Waals surface area (Å²) in [5.41, 5.74) is 0.349. The summed E-state index contributed by atoms with van der Waals surface area (Å²) >= 11 is 0. The van der Waals surface area contributed by atoms with Crippen LogP contribution >= 0.6 is 7.60 Å². The van der Waals surface area contributed by atoms with E-state index in [0.717, 1.165) is 6.42 Å². The van der Waals surface area contributed by atoms with Crippen LogP contribution < -0.4 is 0 Å². The molecule has 0 aromatic rings. The molecule has 17 heavy (non-hydrogen) atoms. The molecule has 1 aliphatic carbocycles. The van der Waals surface area contributed by atoms with Crippen molar-refractivity contribution in [2.24, 2.45) is 5.41 Å². The molecule has 1 rings (SSSR count). The predicted octanol–water partition coefficient (Wildman–Crippen LogP) is 4.61. The molecule has 0 heterocycles. The van der Waals surface area contributed by atoms with E-state index in [1.807, 2.05) is 13.8 Å². The summed E-state index contributed by atoms with van der Waals surface area (Å²) in [6.07, 6.45) is 8.02. The van der Waals surface area contributed by atoms with Crippen LogP contribution in [-0.2, 0) is 13.6 Å². The molecule has 0 aromatic carbocycles. The topological polar surface area (TPSA) is 35.5 Å². The van der Waals surface area contributed by atoms with Crippen LogP contribution in [0, 0.1) is 5.41 Å². The molecule has 0 unspecified atom stereocenters. The van der Waals surface area contributed by atoms with Crippen LogP contribution in [0.5, 0.6) is 0 Å². The summed E-state index contributed by atoms with van der Waals surface area (Å²) in [5.74, 6) is 0. The van der Waals surface area contributed by atoms with E-state index in [4.69, 9.17) is 9.05 Å². The molecule has 102 valence electrons. The molecule has 0 atom stereocenters. The van der Waals surface area contributed by atoms with E-state index in [2.05, 4.69) is 6.92 Å². The van der Waals surface area contributed by atoms with Gasteiger partial charge in [0.05, 0.1) is 19.4 Å². The van der Waals surface area contributed by atoms with Gasteiger partial charge in [0, 0.05) is 0 Å². The minimum absolute atomic E-state index is 0.349. The third-order valence-electron chi connectivity index (χ3n) is 3.70. The van der Waals surface area contributed by atoms with Crippen LogP contribution in [0.1, 0.15) is 59.3 Å². The van der Waals surface area contributed by atoms with E-state index in [1.165, 1.54) is 32.1 Å². The normalized spacial score (nSPS) is 20.4. The van der Waals surface area contributed by atoms with Gasteiger partial charge in [0.15, 0.2) is 0 Å². The lowest BCUT2D eigenvalue weighted by atomic mass is 9.74. The average Bonchev–Trinajstić information content (AvgIpc) is 2.29. The van der Waals surface area contributed by atoms with Crippen LogP contribution in [0.2, 0.25) is 0 Å². The molecule has 0 spiro atoms. The Morgan fingerprint density at radius 3 is 2.06 bits per heavy atom. The highest BCUT2D eigenvalue weighted by Gasteiger charge is 2.32. The first-order valence-electron chi connectivity index (χ1n) is 6.92. The van der Waals surface area contributed by atoms with Crippen molar-refractivity contribution in [1.82, 2.24) is 0 Å². The van der Waals surface area contributed by atoms with Crippen LogP contribution in [0.15, 0.2) is 0 Å². The zero-order valence-electron chi connectivity index (χ0n) is 11.5. The Labute approximate surface area is 106 Å². The van der Waals surface area contributed by atoms with Gasteiger partial charge in [0.2, 0.25) is 0 Å². The number of hydrogen-bond acceptors (Lipinski definition) is 3. The van der Waals surface area contributed by atoms with Gasteiger partial charge in [-0.05, 0) is 38.5 Å². The fourth-order valence-corrected chi connectivity index (χ4v) is 4.56. The molecule has 3 nitrogen and oxygen atoms in total. The summed E-state index contributed by atoms with van der Waals surface area (Å²) in [4.78, 5) is 0. The summed E-state index contributed by atoms with van der Waals surface area (Å²) in [6.45, 7) is 6.98. The first-order chi connectivity index (χ1) is 8.04. The first-order valence-corrected chi connectivity index (χ1v) is 8.64. The highest BCUT2D eigenvalue weighted by Crippen LogP contribution is 2.52. The monoisotopic (exact) mass is 262 g/mol. The van der Waals surface area contributed by atoms with Crippen LogP contribution in [0.3, 0.4) is 0 Å². The minimum atomic E-state index is -2.83. The maximum atomic E-state index is 12.4. The Bertz CT molecular complexity index is 249. The van der Waals surface area contributed by atoms with Gasteiger partial charge in [-0.2, -0.15) is 0 Å². The van der Waals surface area contributed by atoms with Crippen molar-refractivity contribution in [3.05, 3.63) is 0 Å². The van der Waals surface area contributed by atoms with E-state index in [0.29, 0.717) is 24.8 Å². The number of hydrogen-bond donors (Lipinski definition) is 0. The Kier molecular flexibility index (Phi) is 6.19. The molecule has 1 saturated carbocycles. The Morgan fingerprint density at radius 2 is 1.59 bits per heavy atom. The fourth-order valence-electron chi connectivity index (χ4n) is 2.62. The van der Waals surface area contributed by atoms with Crippen molar-refractivity contribution >= 4 is 7.60 Å². The van der Waals surface area contributed by atoms with E-state index < -0.39 is 7.60 Å². The van der Waals surface area contributed by atoms with Crippen molar-refractivity contribution in [3.63, 3.8) is 0 Å². The molecule has 0 aliphatic heterocycles. The van der Waals surface area contributed by atoms with Crippen molar-refractivity contribution in [2.45, 2.75) is 59.3 Å². The second-order valence-corrected chi connectivity index (χ2v) is 7.48. The molecule has 0 amide bonds. The Morgan fingerprint density at radius 1 is 1.06 bits per heavy atom. The molecule has 0 saturated heterocycles. The first kappa shape index (κ1) is 15.2. The second kappa shape index (κ2) is 6.92.